The van der Waals surface area contributed by atoms with Crippen molar-refractivity contribution in [3.8, 4) is 11.6 Å². The Morgan fingerprint density at radius 3 is 2.47 bits per heavy atom. The van der Waals surface area contributed by atoms with Crippen LogP contribution < -0.4 is 15.5 Å². The molecule has 1 N–H and O–H groups in total. The molecule has 10 heteroatoms. The average Bonchev–Trinajstić information content (AvgIpc) is 2.67. The van der Waals surface area contributed by atoms with Crippen molar-refractivity contribution >= 4 is 51.6 Å². The molecule has 0 saturated heterocycles. The number of halogens is 4. The molecule has 6 nitrogen and oxygen atoms in total. The van der Waals surface area contributed by atoms with Crippen LogP contribution >= 0.6 is 34.8 Å². The Hall–Kier alpha value is -2.35. The van der Waals surface area contributed by atoms with Gasteiger partial charge in [0, 0.05) is 18.8 Å². The quantitative estimate of drug-likeness (QED) is 0.591. The van der Waals surface area contributed by atoms with Gasteiger partial charge in [0.05, 0.1) is 38.4 Å². The number of carbonyl (C=O) groups excluding carboxylic acids is 1. The molecule has 0 unspecified atom stereocenters. The second-order valence-corrected chi connectivity index (χ2v) is 7.89. The third-order valence-electron chi connectivity index (χ3n) is 4.50. The molecule has 0 spiro atoms. The molecule has 1 amide bonds. The molecule has 0 aliphatic heterocycles. The van der Waals surface area contributed by atoms with Crippen molar-refractivity contribution in [2.45, 2.75) is 13.8 Å². The zero-order valence-corrected chi connectivity index (χ0v) is 18.5. The van der Waals surface area contributed by atoms with Gasteiger partial charge in [-0.05, 0) is 19.1 Å². The Bertz CT molecular complexity index is 1190. The van der Waals surface area contributed by atoms with E-state index in [1.807, 2.05) is 0 Å². The van der Waals surface area contributed by atoms with Gasteiger partial charge in [-0.3, -0.25) is 9.59 Å². The number of hydrogen-bond acceptors (Lipinski definition) is 4. The van der Waals surface area contributed by atoms with Crippen LogP contribution in [0.15, 0.2) is 29.2 Å². The summed E-state index contributed by atoms with van der Waals surface area (Å²) < 4.78 is 20.9. The number of ether oxygens (including phenoxy) is 1. The molecule has 1 aromatic carbocycles. The average molecular weight is 473 g/mol. The van der Waals surface area contributed by atoms with Crippen LogP contribution in [0.4, 0.5) is 4.39 Å². The Balaban J connectivity index is 2.27. The molecule has 30 heavy (non-hydrogen) atoms. The third-order valence-corrected chi connectivity index (χ3v) is 5.36. The van der Waals surface area contributed by atoms with E-state index < -0.39 is 11.7 Å². The number of nitrogens with one attached hydrogen (secondary N) is 1. The van der Waals surface area contributed by atoms with Gasteiger partial charge in [0.15, 0.2) is 5.43 Å². The molecule has 2 aromatic heterocycles. The van der Waals surface area contributed by atoms with Crippen LogP contribution in [0, 0.1) is 18.7 Å². The predicted molar refractivity (Wildman–Crippen MR) is 116 cm³/mol. The summed E-state index contributed by atoms with van der Waals surface area (Å²) in [6, 6.07) is 3.58. The van der Waals surface area contributed by atoms with Gasteiger partial charge in [-0.15, -0.1) is 0 Å². The van der Waals surface area contributed by atoms with E-state index in [9.17, 15) is 14.0 Å². The number of nitrogens with zero attached hydrogens (tertiary/aromatic N) is 2. The number of aromatic nitrogens is 2. The first-order valence-corrected chi connectivity index (χ1v) is 9.99. The summed E-state index contributed by atoms with van der Waals surface area (Å²) in [7, 11) is 1.52. The standard InChI is InChI=1S/C20H17Cl3FN3O3/c1-9(19(29)25-3)8-30-20-16-15(28)4-10(2)27(18(16)14(23)7-26-20)17-12(21)5-11(24)6-13(17)22/h4-7,9H,8H2,1-3H3,(H,25,29)/t9-/m1/s1. The van der Waals surface area contributed by atoms with Gasteiger partial charge < -0.3 is 14.6 Å². The summed E-state index contributed by atoms with van der Waals surface area (Å²) in [4.78, 5) is 28.7. The van der Waals surface area contributed by atoms with E-state index >= 15 is 0 Å². The van der Waals surface area contributed by atoms with E-state index in [1.165, 1.54) is 19.3 Å². The number of carbonyl (C=O) groups is 1. The highest BCUT2D eigenvalue weighted by Crippen LogP contribution is 2.36. The molecular formula is C20H17Cl3FN3O3. The predicted octanol–water partition coefficient (Wildman–Crippen LogP) is 4.55. The normalized spacial score (nSPS) is 12.1. The van der Waals surface area contributed by atoms with Crippen molar-refractivity contribution in [2.24, 2.45) is 5.92 Å². The van der Waals surface area contributed by atoms with Crippen LogP contribution in [0.1, 0.15) is 12.6 Å². The highest BCUT2D eigenvalue weighted by atomic mass is 35.5. The minimum atomic E-state index is -0.600. The van der Waals surface area contributed by atoms with Gasteiger partial charge in [-0.2, -0.15) is 0 Å². The van der Waals surface area contributed by atoms with Crippen molar-refractivity contribution in [1.82, 2.24) is 14.9 Å². The van der Waals surface area contributed by atoms with Crippen molar-refractivity contribution in [1.29, 1.82) is 0 Å². The molecule has 2 heterocycles. The molecule has 0 aliphatic carbocycles. The molecule has 158 valence electrons. The van der Waals surface area contributed by atoms with Crippen LogP contribution in [-0.4, -0.2) is 29.1 Å². The minimum Gasteiger partial charge on any atom is -0.476 e. The number of amides is 1. The largest absolute Gasteiger partial charge is 0.476 e. The first kappa shape index (κ1) is 22.3. The lowest BCUT2D eigenvalue weighted by molar-refractivity contribution is -0.124. The summed E-state index contributed by atoms with van der Waals surface area (Å²) in [5.74, 6) is -1.28. The van der Waals surface area contributed by atoms with Gasteiger partial charge in [-0.25, -0.2) is 9.37 Å². The van der Waals surface area contributed by atoms with Gasteiger partial charge in [0.2, 0.25) is 11.8 Å². The summed E-state index contributed by atoms with van der Waals surface area (Å²) in [6.07, 6.45) is 1.32. The van der Waals surface area contributed by atoms with Crippen molar-refractivity contribution in [3.05, 3.63) is 61.2 Å². The smallest absolute Gasteiger partial charge is 0.227 e. The summed E-state index contributed by atoms with van der Waals surface area (Å²) in [6.45, 7) is 3.34. The van der Waals surface area contributed by atoms with Crippen molar-refractivity contribution in [3.63, 3.8) is 0 Å². The fourth-order valence-electron chi connectivity index (χ4n) is 3.08. The van der Waals surface area contributed by atoms with Crippen LogP contribution in [0.3, 0.4) is 0 Å². The van der Waals surface area contributed by atoms with Gasteiger partial charge in [-0.1, -0.05) is 41.7 Å². The van der Waals surface area contributed by atoms with E-state index in [4.69, 9.17) is 39.5 Å². The number of rotatable bonds is 5. The van der Waals surface area contributed by atoms with Crippen LogP contribution in [0.25, 0.3) is 16.6 Å². The Labute approximate surface area is 186 Å². The first-order chi connectivity index (χ1) is 14.1. The zero-order valence-electron chi connectivity index (χ0n) is 16.2. The van der Waals surface area contributed by atoms with Crippen molar-refractivity contribution in [2.75, 3.05) is 13.7 Å². The lowest BCUT2D eigenvalue weighted by Crippen LogP contribution is -2.29. The molecule has 1 atom stereocenters. The number of benzene rings is 1. The third kappa shape index (κ3) is 4.10. The maximum atomic E-state index is 13.7. The maximum absolute atomic E-state index is 13.7. The monoisotopic (exact) mass is 471 g/mol. The number of pyridine rings is 2. The lowest BCUT2D eigenvalue weighted by atomic mass is 10.1. The molecule has 0 radical (unpaired) electrons. The highest BCUT2D eigenvalue weighted by molar-refractivity contribution is 6.38. The Morgan fingerprint density at radius 2 is 1.87 bits per heavy atom. The van der Waals surface area contributed by atoms with E-state index in [2.05, 4.69) is 10.3 Å². The molecule has 3 aromatic rings. The number of fused-ring (bicyclic) bond motifs is 1. The van der Waals surface area contributed by atoms with Gasteiger partial charge in [0.1, 0.15) is 17.8 Å². The highest BCUT2D eigenvalue weighted by Gasteiger charge is 2.22. The SMILES string of the molecule is CNC(=O)[C@H](C)COc1ncc(Cl)c2c1c(=O)cc(C)n2-c1c(Cl)cc(F)cc1Cl. The van der Waals surface area contributed by atoms with Crippen LogP contribution in [0.5, 0.6) is 5.88 Å². The number of hydrogen-bond donors (Lipinski definition) is 1. The second-order valence-electron chi connectivity index (χ2n) is 6.66. The van der Waals surface area contributed by atoms with Gasteiger partial charge >= 0.3 is 0 Å². The summed E-state index contributed by atoms with van der Waals surface area (Å²) >= 11 is 18.9. The lowest BCUT2D eigenvalue weighted by Gasteiger charge is -2.20. The minimum absolute atomic E-state index is 0.00518. The van der Waals surface area contributed by atoms with Crippen molar-refractivity contribution < 1.29 is 13.9 Å². The fourth-order valence-corrected chi connectivity index (χ4v) is 3.93. The summed E-state index contributed by atoms with van der Waals surface area (Å²) in [5.41, 5.74) is 0.612. The van der Waals surface area contributed by atoms with E-state index in [0.717, 1.165) is 12.1 Å². The molecule has 0 fully saturated rings. The zero-order chi connectivity index (χ0) is 22.2. The topological polar surface area (TPSA) is 73.2 Å². The summed E-state index contributed by atoms with van der Waals surface area (Å²) in [5, 5.41) is 2.84. The Morgan fingerprint density at radius 1 is 1.23 bits per heavy atom. The molecular weight excluding hydrogens is 456 g/mol. The molecule has 3 rings (SSSR count). The van der Waals surface area contributed by atoms with Gasteiger partial charge in [0.25, 0.3) is 0 Å². The maximum Gasteiger partial charge on any atom is 0.227 e. The molecule has 0 bridgehead atoms. The van der Waals surface area contributed by atoms with E-state index in [1.54, 1.807) is 18.4 Å². The van der Waals surface area contributed by atoms with E-state index in [0.29, 0.717) is 5.69 Å². The molecule has 0 saturated carbocycles. The van der Waals surface area contributed by atoms with Crippen LogP contribution in [0.2, 0.25) is 15.1 Å². The van der Waals surface area contributed by atoms with E-state index in [-0.39, 0.29) is 55.5 Å². The van der Waals surface area contributed by atoms with Crippen LogP contribution in [-0.2, 0) is 4.79 Å². The number of aryl methyl sites for hydroxylation is 1. The fraction of sp³-hybridized carbons (Fsp3) is 0.250. The Kier molecular flexibility index (Phi) is 6.55. The molecule has 0 aliphatic rings. The first-order valence-electron chi connectivity index (χ1n) is 8.85. The second kappa shape index (κ2) is 8.79.